The summed E-state index contributed by atoms with van der Waals surface area (Å²) in [4.78, 5) is 0. The van der Waals surface area contributed by atoms with E-state index in [4.69, 9.17) is 22.5 Å². The molecular weight excluding hydrogens is 573 g/mol. The molecule has 0 amide bonds. The maximum absolute atomic E-state index is 8.10. The molecule has 31 heavy (non-hydrogen) atoms. The zero-order valence-electron chi connectivity index (χ0n) is 18.2. The first-order chi connectivity index (χ1) is 14.4. The fourth-order valence-electron chi connectivity index (χ4n) is 4.17. The van der Waals surface area contributed by atoms with E-state index >= 15 is 0 Å². The van der Waals surface area contributed by atoms with Gasteiger partial charge >= 0.3 is 195 Å². The maximum atomic E-state index is 8.10. The molecule has 0 bridgehead atoms. The number of benzene rings is 3. The first-order valence-corrected chi connectivity index (χ1v) is 18.3. The Balaban J connectivity index is 0.00000341. The quantitative estimate of drug-likeness (QED) is 0.175. The van der Waals surface area contributed by atoms with E-state index in [1.165, 1.54) is 10.6 Å². The molecule has 2 atom stereocenters. The van der Waals surface area contributed by atoms with Crippen molar-refractivity contribution in [2.75, 3.05) is 19.6 Å². The number of hydrogen-bond donors (Lipinski definition) is 0. The first kappa shape index (κ1) is 27.4. The number of hydrogen-bond acceptors (Lipinski definition) is 0. The van der Waals surface area contributed by atoms with Crippen LogP contribution in [0.2, 0.25) is 0 Å². The molecule has 0 N–H and O–H groups in total. The van der Waals surface area contributed by atoms with E-state index in [0.717, 1.165) is 29.2 Å². The summed E-state index contributed by atoms with van der Waals surface area (Å²) in [6.07, 6.45) is 0. The van der Waals surface area contributed by atoms with Crippen LogP contribution < -0.4 is 15.9 Å². The molecule has 0 aliphatic carbocycles. The number of halogens is 2. The van der Waals surface area contributed by atoms with Crippen molar-refractivity contribution < 1.29 is 24.7 Å². The minimum absolute atomic E-state index is 0. The van der Waals surface area contributed by atoms with E-state index in [1.54, 1.807) is 0 Å². The van der Waals surface area contributed by atoms with Gasteiger partial charge in [0.1, 0.15) is 0 Å². The second-order valence-corrected chi connectivity index (χ2v) is 24.8. The van der Waals surface area contributed by atoms with E-state index < -0.39 is 12.4 Å². The fourth-order valence-corrected chi connectivity index (χ4v) is 28.1. The van der Waals surface area contributed by atoms with Gasteiger partial charge in [-0.1, -0.05) is 0 Å². The van der Waals surface area contributed by atoms with E-state index in [0.29, 0.717) is 8.27 Å². The minimum Gasteiger partial charge on any atom is 0 e. The Kier molecular flexibility index (Phi) is 10.2. The van der Waals surface area contributed by atoms with Gasteiger partial charge in [-0.05, 0) is 0 Å². The molecule has 0 saturated carbocycles. The van der Waals surface area contributed by atoms with Crippen molar-refractivity contribution in [3.63, 3.8) is 0 Å². The molecule has 0 aromatic heterocycles. The molecule has 0 spiro atoms. The van der Waals surface area contributed by atoms with Gasteiger partial charge in [-0.15, -0.1) is 0 Å². The Morgan fingerprint density at radius 2 is 1.13 bits per heavy atom. The zero-order chi connectivity index (χ0) is 21.7. The van der Waals surface area contributed by atoms with Crippen molar-refractivity contribution in [2.45, 2.75) is 20.8 Å². The third kappa shape index (κ3) is 5.00. The van der Waals surface area contributed by atoms with Gasteiger partial charge in [0.05, 0.1) is 0 Å². The SMILES string of the molecule is CC[N+](CC)(CC)P(Cl)(Cl)(c1ccccc1)P(Pc1ccccc1)c1ccccc1.[Pd]. The summed E-state index contributed by atoms with van der Waals surface area (Å²) >= 11 is 16.2. The molecule has 3 aromatic rings. The summed E-state index contributed by atoms with van der Waals surface area (Å²) in [7, 11) is -0.333. The van der Waals surface area contributed by atoms with Gasteiger partial charge in [0.2, 0.25) is 0 Å². The fraction of sp³-hybridized carbons (Fsp3) is 0.250. The topological polar surface area (TPSA) is 0 Å². The second kappa shape index (κ2) is 11.5. The van der Waals surface area contributed by atoms with Crippen molar-refractivity contribution >= 4 is 59.1 Å². The standard InChI is InChI=1S/C24H31Cl2NP3.Pd/c1-4-27(5-2,6-3)30(25,26,24-20-14-9-15-21-24)29(23-18-12-8-13-19-23)28-22-16-10-7-11-17-22;/h7-21,28H,4-6H2,1-3H3;/q+1;. The van der Waals surface area contributed by atoms with Crippen LogP contribution in [0.15, 0.2) is 91.0 Å². The molecule has 3 rings (SSSR count). The van der Waals surface area contributed by atoms with Gasteiger partial charge in [-0.2, -0.15) is 0 Å². The van der Waals surface area contributed by atoms with Gasteiger partial charge < -0.3 is 0 Å². The molecule has 1 nitrogen and oxygen atoms in total. The van der Waals surface area contributed by atoms with Crippen molar-refractivity contribution in [3.8, 4) is 0 Å². The molecule has 7 heteroatoms. The molecule has 0 aliphatic heterocycles. The zero-order valence-corrected chi connectivity index (χ0v) is 24.1. The Morgan fingerprint density at radius 3 is 1.58 bits per heavy atom. The molecule has 0 radical (unpaired) electrons. The van der Waals surface area contributed by atoms with Crippen LogP contribution in [0, 0.1) is 0 Å². The Hall–Kier alpha value is 0.152. The van der Waals surface area contributed by atoms with Crippen molar-refractivity contribution in [3.05, 3.63) is 91.0 Å². The predicted molar refractivity (Wildman–Crippen MR) is 144 cm³/mol. The molecular formula is C24H31Cl2NP3Pd+. The van der Waals surface area contributed by atoms with Crippen LogP contribution in [-0.4, -0.2) is 23.9 Å². The van der Waals surface area contributed by atoms with Crippen molar-refractivity contribution in [1.82, 2.24) is 0 Å². The average Bonchev–Trinajstić information content (AvgIpc) is 2.81. The number of nitrogens with zero attached hydrogens (tertiary/aromatic N) is 1. The smallest absolute Gasteiger partial charge is 0 e. The number of quaternary nitrogens is 1. The first-order valence-electron chi connectivity index (χ1n) is 10.5. The summed E-state index contributed by atoms with van der Waals surface area (Å²) in [5, 5.41) is 0.214. The molecule has 2 unspecified atom stereocenters. The Labute approximate surface area is 214 Å². The van der Waals surface area contributed by atoms with E-state index in [1.807, 2.05) is 0 Å². The molecule has 3 aromatic carbocycles. The van der Waals surface area contributed by atoms with E-state index in [9.17, 15) is 0 Å². The van der Waals surface area contributed by atoms with Gasteiger partial charge in [0.25, 0.3) is 0 Å². The predicted octanol–water partition coefficient (Wildman–Crippen LogP) is 7.60. The van der Waals surface area contributed by atoms with Gasteiger partial charge in [-0.25, -0.2) is 0 Å². The van der Waals surface area contributed by atoms with Crippen LogP contribution in [0.3, 0.4) is 0 Å². The Morgan fingerprint density at radius 1 is 0.710 bits per heavy atom. The van der Waals surface area contributed by atoms with E-state index in [2.05, 4.69) is 112 Å². The third-order valence-electron chi connectivity index (χ3n) is 6.02. The summed E-state index contributed by atoms with van der Waals surface area (Å²) in [5.41, 5.74) is 0. The molecule has 0 heterocycles. The van der Waals surface area contributed by atoms with Gasteiger partial charge in [0.15, 0.2) is 0 Å². The maximum Gasteiger partial charge on any atom is 0 e. The monoisotopic (exact) mass is 602 g/mol. The summed E-state index contributed by atoms with van der Waals surface area (Å²) in [5.74, 6) is 0. The summed E-state index contributed by atoms with van der Waals surface area (Å²) in [6, 6.07) is 32.0. The van der Waals surface area contributed by atoms with Crippen LogP contribution >= 0.6 is 43.2 Å². The largest absolute Gasteiger partial charge is 0 e. The second-order valence-electron chi connectivity index (χ2n) is 7.33. The van der Waals surface area contributed by atoms with Gasteiger partial charge in [-0.3, -0.25) is 0 Å². The van der Waals surface area contributed by atoms with Crippen LogP contribution in [0.1, 0.15) is 20.8 Å². The molecule has 0 aliphatic rings. The minimum atomic E-state index is -3.52. The van der Waals surface area contributed by atoms with Crippen molar-refractivity contribution in [2.24, 2.45) is 0 Å². The summed E-state index contributed by atoms with van der Waals surface area (Å²) < 4.78 is 0.735. The number of rotatable bonds is 9. The average molecular weight is 604 g/mol. The van der Waals surface area contributed by atoms with Crippen LogP contribution in [0.4, 0.5) is 0 Å². The normalized spacial score (nSPS) is 14.5. The molecule has 0 saturated heterocycles. The van der Waals surface area contributed by atoms with Crippen molar-refractivity contribution in [1.29, 1.82) is 0 Å². The van der Waals surface area contributed by atoms with Crippen LogP contribution in [0.5, 0.6) is 0 Å². The van der Waals surface area contributed by atoms with Gasteiger partial charge in [0, 0.05) is 20.4 Å². The third-order valence-corrected chi connectivity index (χ3v) is 31.0. The van der Waals surface area contributed by atoms with E-state index in [-0.39, 0.29) is 20.4 Å². The summed E-state index contributed by atoms with van der Waals surface area (Å²) in [6.45, 7) is 9.47. The van der Waals surface area contributed by atoms with Crippen LogP contribution in [-0.2, 0) is 20.4 Å². The molecule has 0 fully saturated rings. The Bertz CT molecular complexity index is 931. The van der Waals surface area contributed by atoms with Crippen LogP contribution in [0.25, 0.3) is 0 Å². The molecule has 170 valence electrons.